The zero-order chi connectivity index (χ0) is 15.7. The van der Waals surface area contributed by atoms with Crippen molar-refractivity contribution in [3.63, 3.8) is 0 Å². The molecular weight excluding hydrogens is 310 g/mol. The second-order valence-corrected chi connectivity index (χ2v) is 5.59. The molecule has 0 atom stereocenters. The molecule has 0 spiro atoms. The molecule has 2 N–H and O–H groups in total. The molecule has 0 aliphatic carbocycles. The molecule has 0 saturated heterocycles. The van der Waals surface area contributed by atoms with Gasteiger partial charge in [0.25, 0.3) is 5.91 Å². The van der Waals surface area contributed by atoms with Crippen molar-refractivity contribution in [2.75, 3.05) is 11.1 Å². The van der Waals surface area contributed by atoms with Crippen molar-refractivity contribution in [2.45, 2.75) is 4.90 Å². The standard InChI is InChI=1S/C15H10F2N2O2S/c16-11-5-4-8(6-12(11)17)18-15(20)10-3-1-2-9-13(19-21)7-22-14(9)10/h1-6,21H,7H2,(H,18,20). The van der Waals surface area contributed by atoms with Gasteiger partial charge in [-0.05, 0) is 18.2 Å². The van der Waals surface area contributed by atoms with Gasteiger partial charge in [-0.25, -0.2) is 8.78 Å². The van der Waals surface area contributed by atoms with Crippen LogP contribution in [-0.4, -0.2) is 22.6 Å². The molecule has 2 aromatic carbocycles. The van der Waals surface area contributed by atoms with Gasteiger partial charge in [-0.15, -0.1) is 11.8 Å². The summed E-state index contributed by atoms with van der Waals surface area (Å²) in [4.78, 5) is 13.0. The number of oxime groups is 1. The molecular formula is C15H10F2N2O2S. The Morgan fingerprint density at radius 1 is 1.23 bits per heavy atom. The van der Waals surface area contributed by atoms with E-state index in [9.17, 15) is 13.6 Å². The number of thioether (sulfide) groups is 1. The van der Waals surface area contributed by atoms with Crippen molar-refractivity contribution in [1.29, 1.82) is 0 Å². The second-order valence-electron chi connectivity index (χ2n) is 4.60. The number of anilines is 1. The molecule has 1 aliphatic heterocycles. The van der Waals surface area contributed by atoms with Gasteiger partial charge in [0.15, 0.2) is 11.6 Å². The Kier molecular flexibility index (Phi) is 3.81. The second kappa shape index (κ2) is 5.76. The molecule has 1 heterocycles. The maximum atomic E-state index is 13.2. The average molecular weight is 320 g/mol. The fourth-order valence-corrected chi connectivity index (χ4v) is 3.32. The number of rotatable bonds is 2. The number of carbonyl (C=O) groups excluding carboxylic acids is 1. The van der Waals surface area contributed by atoms with E-state index in [1.807, 2.05) is 0 Å². The van der Waals surface area contributed by atoms with Gasteiger partial charge in [0.2, 0.25) is 0 Å². The Morgan fingerprint density at radius 3 is 2.77 bits per heavy atom. The van der Waals surface area contributed by atoms with Gasteiger partial charge >= 0.3 is 0 Å². The minimum absolute atomic E-state index is 0.167. The van der Waals surface area contributed by atoms with Crippen molar-refractivity contribution in [2.24, 2.45) is 5.16 Å². The predicted octanol–water partition coefficient (Wildman–Crippen LogP) is 3.50. The van der Waals surface area contributed by atoms with Gasteiger partial charge in [0, 0.05) is 28.0 Å². The van der Waals surface area contributed by atoms with E-state index >= 15 is 0 Å². The van der Waals surface area contributed by atoms with Gasteiger partial charge in [-0.3, -0.25) is 4.79 Å². The van der Waals surface area contributed by atoms with Crippen molar-refractivity contribution in [3.8, 4) is 0 Å². The number of benzene rings is 2. The zero-order valence-electron chi connectivity index (χ0n) is 11.1. The van der Waals surface area contributed by atoms with Crippen molar-refractivity contribution < 1.29 is 18.8 Å². The Balaban J connectivity index is 1.90. The zero-order valence-corrected chi connectivity index (χ0v) is 12.0. The van der Waals surface area contributed by atoms with E-state index < -0.39 is 17.5 Å². The van der Waals surface area contributed by atoms with Gasteiger partial charge in [-0.1, -0.05) is 17.3 Å². The summed E-state index contributed by atoms with van der Waals surface area (Å²) in [5.74, 6) is -1.96. The van der Waals surface area contributed by atoms with E-state index in [0.29, 0.717) is 27.5 Å². The molecule has 2 aromatic rings. The molecule has 0 fully saturated rings. The number of hydrogen-bond acceptors (Lipinski definition) is 4. The largest absolute Gasteiger partial charge is 0.411 e. The van der Waals surface area contributed by atoms with E-state index in [1.54, 1.807) is 18.2 Å². The summed E-state index contributed by atoms with van der Waals surface area (Å²) in [5.41, 5.74) is 1.76. The monoisotopic (exact) mass is 320 g/mol. The predicted molar refractivity (Wildman–Crippen MR) is 79.8 cm³/mol. The van der Waals surface area contributed by atoms with Gasteiger partial charge in [0.05, 0.1) is 11.3 Å². The van der Waals surface area contributed by atoms with Crippen LogP contribution in [-0.2, 0) is 0 Å². The normalized spacial score (nSPS) is 14.9. The van der Waals surface area contributed by atoms with E-state index in [-0.39, 0.29) is 5.69 Å². The van der Waals surface area contributed by atoms with Crippen LogP contribution in [0.4, 0.5) is 14.5 Å². The number of fused-ring (bicyclic) bond motifs is 1. The van der Waals surface area contributed by atoms with Gasteiger partial charge in [-0.2, -0.15) is 0 Å². The fraction of sp³-hybridized carbons (Fsp3) is 0.0667. The summed E-state index contributed by atoms with van der Waals surface area (Å²) in [7, 11) is 0. The van der Waals surface area contributed by atoms with Crippen LogP contribution in [0.15, 0.2) is 46.4 Å². The van der Waals surface area contributed by atoms with Crippen LogP contribution in [0.3, 0.4) is 0 Å². The number of amides is 1. The van der Waals surface area contributed by atoms with Crippen LogP contribution in [0.5, 0.6) is 0 Å². The molecule has 112 valence electrons. The highest BCUT2D eigenvalue weighted by Crippen LogP contribution is 2.35. The molecule has 7 heteroatoms. The lowest BCUT2D eigenvalue weighted by Crippen LogP contribution is -2.13. The molecule has 0 saturated carbocycles. The summed E-state index contributed by atoms with van der Waals surface area (Å²) >= 11 is 1.39. The first kappa shape index (κ1) is 14.5. The lowest BCUT2D eigenvalue weighted by atomic mass is 10.1. The molecule has 0 unspecified atom stereocenters. The van der Waals surface area contributed by atoms with Gasteiger partial charge in [0.1, 0.15) is 0 Å². The van der Waals surface area contributed by atoms with Crippen molar-refractivity contribution in [1.82, 2.24) is 0 Å². The van der Waals surface area contributed by atoms with Gasteiger partial charge < -0.3 is 10.5 Å². The topological polar surface area (TPSA) is 61.7 Å². The van der Waals surface area contributed by atoms with E-state index in [0.717, 1.165) is 12.1 Å². The SMILES string of the molecule is O=C(Nc1ccc(F)c(F)c1)c1cccc2c1SCC2=NO. The third kappa shape index (κ3) is 2.55. The minimum atomic E-state index is -1.03. The van der Waals surface area contributed by atoms with Crippen LogP contribution in [0.1, 0.15) is 15.9 Å². The lowest BCUT2D eigenvalue weighted by molar-refractivity contribution is 0.102. The minimum Gasteiger partial charge on any atom is -0.411 e. The van der Waals surface area contributed by atoms with Crippen LogP contribution in [0, 0.1) is 11.6 Å². The molecule has 0 bridgehead atoms. The van der Waals surface area contributed by atoms with Crippen LogP contribution >= 0.6 is 11.8 Å². The molecule has 3 rings (SSSR count). The summed E-state index contributed by atoms with van der Waals surface area (Å²) in [6.45, 7) is 0. The highest BCUT2D eigenvalue weighted by molar-refractivity contribution is 8.00. The van der Waals surface area contributed by atoms with E-state index in [2.05, 4.69) is 10.5 Å². The molecule has 0 radical (unpaired) electrons. The number of carbonyl (C=O) groups is 1. The maximum Gasteiger partial charge on any atom is 0.256 e. The average Bonchev–Trinajstić information content (AvgIpc) is 2.94. The van der Waals surface area contributed by atoms with Crippen LogP contribution in [0.2, 0.25) is 0 Å². The van der Waals surface area contributed by atoms with Crippen LogP contribution in [0.25, 0.3) is 0 Å². The molecule has 4 nitrogen and oxygen atoms in total. The van der Waals surface area contributed by atoms with Crippen molar-refractivity contribution in [3.05, 3.63) is 59.2 Å². The molecule has 0 aromatic heterocycles. The first-order valence-corrected chi connectivity index (χ1v) is 7.32. The van der Waals surface area contributed by atoms with Crippen molar-refractivity contribution >= 4 is 29.1 Å². The lowest BCUT2D eigenvalue weighted by Gasteiger charge is -2.09. The smallest absolute Gasteiger partial charge is 0.256 e. The summed E-state index contributed by atoms with van der Waals surface area (Å²) in [6.07, 6.45) is 0. The summed E-state index contributed by atoms with van der Waals surface area (Å²) < 4.78 is 26.1. The Labute approximate surface area is 128 Å². The third-order valence-corrected chi connectivity index (χ3v) is 4.37. The highest BCUT2D eigenvalue weighted by Gasteiger charge is 2.24. The van der Waals surface area contributed by atoms with E-state index in [1.165, 1.54) is 17.8 Å². The number of hydrogen-bond donors (Lipinski definition) is 2. The molecule has 1 amide bonds. The summed E-state index contributed by atoms with van der Waals surface area (Å²) in [5, 5.41) is 14.7. The fourth-order valence-electron chi connectivity index (χ4n) is 2.17. The molecule has 1 aliphatic rings. The summed E-state index contributed by atoms with van der Waals surface area (Å²) in [6, 6.07) is 8.22. The quantitative estimate of drug-likeness (QED) is 0.657. The first-order valence-electron chi connectivity index (χ1n) is 6.33. The van der Waals surface area contributed by atoms with E-state index in [4.69, 9.17) is 5.21 Å². The van der Waals surface area contributed by atoms with Crippen LogP contribution < -0.4 is 5.32 Å². The number of nitrogens with one attached hydrogen (secondary N) is 1. The maximum absolute atomic E-state index is 13.2. The third-order valence-electron chi connectivity index (χ3n) is 3.22. The molecule has 22 heavy (non-hydrogen) atoms. The Bertz CT molecular complexity index is 793. The number of halogens is 2. The highest BCUT2D eigenvalue weighted by atomic mass is 32.2. The Morgan fingerprint density at radius 2 is 2.05 bits per heavy atom. The Hall–Kier alpha value is -2.41. The first-order chi connectivity index (χ1) is 10.6. The number of nitrogens with zero attached hydrogens (tertiary/aromatic N) is 1.